The fourth-order valence-electron chi connectivity index (χ4n) is 3.78. The van der Waals surface area contributed by atoms with Crippen LogP contribution in [0.4, 0.5) is 26.3 Å². The lowest BCUT2D eigenvalue weighted by molar-refractivity contribution is -0.138. The Morgan fingerprint density at radius 1 is 1.12 bits per heavy atom. The summed E-state index contributed by atoms with van der Waals surface area (Å²) in [6, 6.07) is 10.2. The summed E-state index contributed by atoms with van der Waals surface area (Å²) in [5, 5.41) is 19.8. The number of alkyl halides is 6. The highest BCUT2D eigenvalue weighted by Crippen LogP contribution is 2.40. The lowest BCUT2D eigenvalue weighted by Gasteiger charge is -2.28. The van der Waals surface area contributed by atoms with Gasteiger partial charge in [0.15, 0.2) is 0 Å². The van der Waals surface area contributed by atoms with Crippen LogP contribution in [0.25, 0.3) is 0 Å². The molecule has 0 spiro atoms. The molecular formula is C22H20F6N2O2S. The highest BCUT2D eigenvalue weighted by molar-refractivity contribution is 8.00. The molecular weight excluding hydrogens is 470 g/mol. The molecule has 2 atom stereocenters. The van der Waals surface area contributed by atoms with E-state index in [9.17, 15) is 31.4 Å². The molecule has 4 nitrogen and oxygen atoms in total. The number of rotatable bonds is 5. The Labute approximate surface area is 190 Å². The number of aliphatic hydroxyl groups is 1. The molecule has 0 aliphatic carbocycles. The lowest BCUT2D eigenvalue weighted by Crippen LogP contribution is -2.40. The van der Waals surface area contributed by atoms with Gasteiger partial charge in [-0.15, -0.1) is 0 Å². The van der Waals surface area contributed by atoms with Crippen molar-refractivity contribution >= 4 is 11.8 Å². The van der Waals surface area contributed by atoms with E-state index < -0.39 is 40.6 Å². The van der Waals surface area contributed by atoms with Crippen molar-refractivity contribution in [2.75, 3.05) is 6.54 Å². The molecule has 0 saturated carbocycles. The molecule has 1 aliphatic heterocycles. The van der Waals surface area contributed by atoms with Gasteiger partial charge in [-0.3, -0.25) is 4.90 Å². The van der Waals surface area contributed by atoms with Gasteiger partial charge in [0.2, 0.25) is 0 Å². The summed E-state index contributed by atoms with van der Waals surface area (Å²) in [5.41, 5.74) is -6.04. The summed E-state index contributed by atoms with van der Waals surface area (Å²) < 4.78 is 83.0. The number of likely N-dealkylation sites (tertiary alicyclic amines) is 1. The van der Waals surface area contributed by atoms with Crippen molar-refractivity contribution < 1.29 is 36.2 Å². The van der Waals surface area contributed by atoms with E-state index in [2.05, 4.69) is 0 Å². The van der Waals surface area contributed by atoms with Crippen molar-refractivity contribution in [2.24, 2.45) is 5.41 Å². The minimum Gasteiger partial charge on any atom is -0.486 e. The monoisotopic (exact) mass is 490 g/mol. The van der Waals surface area contributed by atoms with Crippen molar-refractivity contribution in [1.82, 2.24) is 4.90 Å². The van der Waals surface area contributed by atoms with Crippen molar-refractivity contribution in [1.29, 1.82) is 5.26 Å². The summed E-state index contributed by atoms with van der Waals surface area (Å²) in [5.74, 6) is -0.131. The number of nitrogens with zero attached hydrogens (tertiary/aromatic N) is 2. The van der Waals surface area contributed by atoms with Gasteiger partial charge < -0.3 is 9.84 Å². The highest BCUT2D eigenvalue weighted by atomic mass is 32.2. The number of benzene rings is 2. The Bertz CT molecular complexity index is 1030. The molecule has 2 aromatic carbocycles. The average molecular weight is 490 g/mol. The molecule has 33 heavy (non-hydrogen) atoms. The van der Waals surface area contributed by atoms with Crippen LogP contribution < -0.4 is 4.74 Å². The maximum atomic E-state index is 13.3. The molecule has 2 aromatic rings. The fourth-order valence-corrected chi connectivity index (χ4v) is 4.32. The van der Waals surface area contributed by atoms with Gasteiger partial charge in [-0.05, 0) is 47.7 Å². The lowest BCUT2D eigenvalue weighted by atomic mass is 9.89. The average Bonchev–Trinajstić information content (AvgIpc) is 2.90. The van der Waals surface area contributed by atoms with Gasteiger partial charge in [0.25, 0.3) is 0 Å². The Hall–Kier alpha value is -2.42. The molecule has 1 aliphatic rings. The summed E-state index contributed by atoms with van der Waals surface area (Å²) in [6.07, 6.45) is -6.79. The first-order valence-corrected chi connectivity index (χ1v) is 10.6. The van der Waals surface area contributed by atoms with Gasteiger partial charge in [-0.1, -0.05) is 26.0 Å². The number of hydrogen-bond acceptors (Lipinski definition) is 5. The van der Waals surface area contributed by atoms with Crippen LogP contribution in [0.5, 0.6) is 5.75 Å². The Morgan fingerprint density at radius 3 is 2.30 bits per heavy atom. The maximum Gasteiger partial charge on any atom is 0.446 e. The van der Waals surface area contributed by atoms with Gasteiger partial charge >= 0.3 is 11.7 Å². The summed E-state index contributed by atoms with van der Waals surface area (Å²) in [7, 11) is 0. The van der Waals surface area contributed by atoms with Crippen molar-refractivity contribution in [3.63, 3.8) is 0 Å². The minimum absolute atomic E-state index is 0.0380. The fraction of sp³-hybridized carbons (Fsp3) is 0.409. The smallest absolute Gasteiger partial charge is 0.446 e. The van der Waals surface area contributed by atoms with E-state index in [0.717, 1.165) is 12.1 Å². The van der Waals surface area contributed by atoms with Crippen LogP contribution in [0.2, 0.25) is 0 Å². The van der Waals surface area contributed by atoms with Crippen LogP contribution in [0.3, 0.4) is 0 Å². The number of hydrogen-bond donors (Lipinski definition) is 1. The van der Waals surface area contributed by atoms with E-state index in [1.165, 1.54) is 36.4 Å². The zero-order valence-corrected chi connectivity index (χ0v) is 18.4. The quantitative estimate of drug-likeness (QED) is 0.424. The van der Waals surface area contributed by atoms with Crippen LogP contribution in [-0.4, -0.2) is 34.4 Å². The molecule has 178 valence electrons. The van der Waals surface area contributed by atoms with E-state index in [1.54, 1.807) is 18.7 Å². The molecule has 0 aromatic heterocycles. The third-order valence-electron chi connectivity index (χ3n) is 5.25. The van der Waals surface area contributed by atoms with Gasteiger partial charge in [-0.25, -0.2) is 0 Å². The van der Waals surface area contributed by atoms with Gasteiger partial charge in [0, 0.05) is 23.4 Å². The predicted octanol–water partition coefficient (Wildman–Crippen LogP) is 5.80. The van der Waals surface area contributed by atoms with E-state index in [-0.39, 0.29) is 29.0 Å². The maximum absolute atomic E-state index is 13.3. The second kappa shape index (κ2) is 9.08. The van der Waals surface area contributed by atoms with Gasteiger partial charge in [-0.2, -0.15) is 31.6 Å². The molecule has 11 heteroatoms. The first-order chi connectivity index (χ1) is 15.2. The molecule has 1 saturated heterocycles. The van der Waals surface area contributed by atoms with E-state index in [4.69, 9.17) is 10.00 Å². The normalized spacial score (nSPS) is 21.1. The van der Waals surface area contributed by atoms with E-state index in [0.29, 0.717) is 12.1 Å². The molecule has 1 N–H and O–H groups in total. The van der Waals surface area contributed by atoms with Gasteiger partial charge in [0.05, 0.1) is 17.2 Å². The van der Waals surface area contributed by atoms with E-state index >= 15 is 0 Å². The molecule has 0 bridgehead atoms. The SMILES string of the molecule is CC1(C)CN(Cc2ccc(SC(F)(F)F)cc2)[C@H](O)C1Oc1ccc(C#N)c(C(F)(F)F)c1. The van der Waals surface area contributed by atoms with Crippen molar-refractivity contribution in [3.8, 4) is 11.8 Å². The van der Waals surface area contributed by atoms with Crippen LogP contribution in [0.1, 0.15) is 30.5 Å². The third kappa shape index (κ3) is 6.13. The first kappa shape index (κ1) is 25.2. The standard InChI is InChI=1S/C22H20F6N2O2S/c1-20(2)12-30(11-13-3-7-16(8-4-13)33-22(26,27)28)19(31)18(20)32-15-6-5-14(10-29)17(9-15)21(23,24)25/h3-9,18-19,31H,11-12H2,1-2H3/t18?,19-/m1/s1. The Morgan fingerprint density at radius 2 is 1.76 bits per heavy atom. The summed E-state index contributed by atoms with van der Waals surface area (Å²) in [4.78, 5) is 1.68. The molecule has 3 rings (SSSR count). The zero-order chi connectivity index (χ0) is 24.6. The molecule has 1 unspecified atom stereocenters. The van der Waals surface area contributed by atoms with E-state index in [1.807, 2.05) is 0 Å². The summed E-state index contributed by atoms with van der Waals surface area (Å²) in [6.45, 7) is 4.12. The summed E-state index contributed by atoms with van der Waals surface area (Å²) >= 11 is -0.224. The number of nitriles is 1. The second-order valence-electron chi connectivity index (χ2n) is 8.35. The van der Waals surface area contributed by atoms with Crippen molar-refractivity contribution in [2.45, 2.75) is 49.3 Å². The zero-order valence-electron chi connectivity index (χ0n) is 17.5. The highest BCUT2D eigenvalue weighted by Gasteiger charge is 2.48. The topological polar surface area (TPSA) is 56.5 Å². The molecule has 1 fully saturated rings. The van der Waals surface area contributed by atoms with Crippen LogP contribution in [0.15, 0.2) is 47.4 Å². The first-order valence-electron chi connectivity index (χ1n) is 9.74. The molecule has 1 heterocycles. The Kier molecular flexibility index (Phi) is 6.94. The third-order valence-corrected chi connectivity index (χ3v) is 5.99. The van der Waals surface area contributed by atoms with Crippen molar-refractivity contribution in [3.05, 3.63) is 59.2 Å². The second-order valence-corrected chi connectivity index (χ2v) is 9.49. The largest absolute Gasteiger partial charge is 0.486 e. The number of halogens is 6. The predicted molar refractivity (Wildman–Crippen MR) is 109 cm³/mol. The number of thioether (sulfide) groups is 1. The van der Waals surface area contributed by atoms with Crippen LogP contribution in [0, 0.1) is 16.7 Å². The van der Waals surface area contributed by atoms with Gasteiger partial charge in [0.1, 0.15) is 18.1 Å². The Balaban J connectivity index is 1.75. The van der Waals surface area contributed by atoms with Crippen LogP contribution >= 0.6 is 11.8 Å². The minimum atomic E-state index is -4.74. The molecule has 0 amide bonds. The van der Waals surface area contributed by atoms with Crippen LogP contribution in [-0.2, 0) is 12.7 Å². The number of ether oxygens (including phenoxy) is 1. The molecule has 0 radical (unpaired) electrons. The number of aliphatic hydroxyl groups excluding tert-OH is 1.